The maximum Gasteiger partial charge on any atom is 0.274 e. The van der Waals surface area contributed by atoms with Crippen molar-refractivity contribution in [2.45, 2.75) is 44.6 Å². The number of hydrogen-bond donors (Lipinski definition) is 2. The number of benzene rings is 1. The highest BCUT2D eigenvalue weighted by Gasteiger charge is 2.27. The first-order valence-corrected chi connectivity index (χ1v) is 12.9. The zero-order valence-corrected chi connectivity index (χ0v) is 21.4. The van der Waals surface area contributed by atoms with Gasteiger partial charge >= 0.3 is 0 Å². The summed E-state index contributed by atoms with van der Waals surface area (Å²) in [6.07, 6.45) is 7.80. The second-order valence-corrected chi connectivity index (χ2v) is 9.97. The number of fused-ring (bicyclic) bond motifs is 1. The van der Waals surface area contributed by atoms with Crippen LogP contribution in [0.3, 0.4) is 0 Å². The summed E-state index contributed by atoms with van der Waals surface area (Å²) in [5.74, 6) is 2.46. The molecule has 1 atom stereocenters. The summed E-state index contributed by atoms with van der Waals surface area (Å²) in [5.41, 5.74) is 3.27. The Morgan fingerprint density at radius 3 is 2.74 bits per heavy atom. The molecule has 10 nitrogen and oxygen atoms in total. The molecule has 0 radical (unpaired) electrons. The number of aryl methyl sites for hydroxylation is 1. The Balaban J connectivity index is 1.29. The predicted molar refractivity (Wildman–Crippen MR) is 144 cm³/mol. The van der Waals surface area contributed by atoms with Crippen molar-refractivity contribution in [3.05, 3.63) is 64.7 Å². The van der Waals surface area contributed by atoms with Crippen LogP contribution in [0.4, 0.5) is 17.5 Å². The fourth-order valence-corrected chi connectivity index (χ4v) is 4.89. The average molecular weight is 515 g/mol. The van der Waals surface area contributed by atoms with E-state index in [-0.39, 0.29) is 17.5 Å². The third kappa shape index (κ3) is 4.99. The number of amides is 1. The minimum Gasteiger partial charge on any atom is -0.457 e. The summed E-state index contributed by atoms with van der Waals surface area (Å²) in [6, 6.07) is 11.0. The Hall–Kier alpha value is -4.18. The number of hydrogen-bond acceptors (Lipinski definition) is 7. The van der Waals surface area contributed by atoms with Gasteiger partial charge in [0.15, 0.2) is 0 Å². The van der Waals surface area contributed by atoms with Gasteiger partial charge in [0.2, 0.25) is 11.9 Å². The summed E-state index contributed by atoms with van der Waals surface area (Å²) in [6.45, 7) is 2.74. The summed E-state index contributed by atoms with van der Waals surface area (Å²) in [5, 5.41) is 5.97. The maximum atomic E-state index is 13.5. The molecular formula is C28H30N6O4. The van der Waals surface area contributed by atoms with Gasteiger partial charge in [0, 0.05) is 45.1 Å². The fraction of sp³-hybridized carbons (Fsp3) is 0.357. The molecule has 1 aromatic carbocycles. The Kier molecular flexibility index (Phi) is 6.32. The molecule has 38 heavy (non-hydrogen) atoms. The molecule has 4 aromatic rings. The highest BCUT2D eigenvalue weighted by Crippen LogP contribution is 2.41. The number of carbonyl (C=O) groups excluding carboxylic acids is 1. The van der Waals surface area contributed by atoms with E-state index in [1.807, 2.05) is 46.6 Å². The van der Waals surface area contributed by atoms with Crippen molar-refractivity contribution in [2.75, 3.05) is 23.8 Å². The van der Waals surface area contributed by atoms with E-state index < -0.39 is 0 Å². The van der Waals surface area contributed by atoms with E-state index in [0.717, 1.165) is 43.3 Å². The number of ether oxygens (including phenoxy) is 2. The van der Waals surface area contributed by atoms with Gasteiger partial charge in [-0.3, -0.25) is 9.59 Å². The van der Waals surface area contributed by atoms with Crippen LogP contribution >= 0.6 is 0 Å². The Morgan fingerprint density at radius 2 is 1.97 bits per heavy atom. The molecule has 1 amide bonds. The average Bonchev–Trinajstić information content (AvgIpc) is 3.71. The smallest absolute Gasteiger partial charge is 0.274 e. The zero-order valence-electron chi connectivity index (χ0n) is 21.4. The van der Waals surface area contributed by atoms with Crippen molar-refractivity contribution in [3.8, 4) is 11.5 Å². The third-order valence-corrected chi connectivity index (χ3v) is 7.01. The quantitative estimate of drug-likeness (QED) is 0.362. The molecular weight excluding hydrogens is 484 g/mol. The molecule has 2 aliphatic rings. The summed E-state index contributed by atoms with van der Waals surface area (Å²) < 4.78 is 15.5. The van der Waals surface area contributed by atoms with Crippen molar-refractivity contribution in [3.63, 3.8) is 0 Å². The second-order valence-electron chi connectivity index (χ2n) is 9.97. The van der Waals surface area contributed by atoms with Crippen molar-refractivity contribution < 1.29 is 14.3 Å². The van der Waals surface area contributed by atoms with Crippen LogP contribution in [-0.4, -0.2) is 38.2 Å². The molecule has 0 spiro atoms. The largest absolute Gasteiger partial charge is 0.457 e. The van der Waals surface area contributed by atoms with Crippen LogP contribution < -0.4 is 20.9 Å². The van der Waals surface area contributed by atoms with Crippen molar-refractivity contribution in [1.29, 1.82) is 0 Å². The van der Waals surface area contributed by atoms with Crippen LogP contribution in [0.2, 0.25) is 0 Å². The molecule has 10 heteroatoms. The summed E-state index contributed by atoms with van der Waals surface area (Å²) >= 11 is 0. The molecule has 1 aliphatic heterocycles. The molecule has 0 unspecified atom stereocenters. The Labute approximate surface area is 219 Å². The molecule has 196 valence electrons. The second kappa shape index (κ2) is 9.94. The van der Waals surface area contributed by atoms with Gasteiger partial charge in [-0.05, 0) is 61.4 Å². The monoisotopic (exact) mass is 514 g/mol. The molecule has 1 saturated carbocycles. The van der Waals surface area contributed by atoms with Crippen LogP contribution in [0.25, 0.3) is 11.0 Å². The van der Waals surface area contributed by atoms with Gasteiger partial charge in [-0.2, -0.15) is 0 Å². The summed E-state index contributed by atoms with van der Waals surface area (Å²) in [7, 11) is 1.90. The first kappa shape index (κ1) is 24.2. The van der Waals surface area contributed by atoms with Crippen molar-refractivity contribution >= 4 is 34.4 Å². The number of carbonyl (C=O) groups is 1. The maximum absolute atomic E-state index is 13.5. The minimum absolute atomic E-state index is 0.0509. The van der Waals surface area contributed by atoms with Crippen LogP contribution in [0, 0.1) is 0 Å². The first-order valence-electron chi connectivity index (χ1n) is 12.9. The van der Waals surface area contributed by atoms with Crippen molar-refractivity contribution in [1.82, 2.24) is 19.1 Å². The number of nitrogens with zero attached hydrogens (tertiary/aromatic N) is 4. The van der Waals surface area contributed by atoms with Crippen LogP contribution in [0.5, 0.6) is 11.5 Å². The minimum atomic E-state index is -0.201. The van der Waals surface area contributed by atoms with Crippen LogP contribution in [0.1, 0.15) is 50.1 Å². The number of imidazole rings is 1. The highest BCUT2D eigenvalue weighted by molar-refractivity contribution is 5.87. The summed E-state index contributed by atoms with van der Waals surface area (Å²) in [4.78, 5) is 33.7. The topological polar surface area (TPSA) is 112 Å². The van der Waals surface area contributed by atoms with E-state index in [0.29, 0.717) is 41.5 Å². The van der Waals surface area contributed by atoms with E-state index in [4.69, 9.17) is 14.5 Å². The zero-order chi connectivity index (χ0) is 26.2. The van der Waals surface area contributed by atoms with E-state index in [1.54, 1.807) is 18.3 Å². The Bertz CT molecular complexity index is 1570. The molecule has 0 bridgehead atoms. The van der Waals surface area contributed by atoms with Gasteiger partial charge < -0.3 is 29.2 Å². The van der Waals surface area contributed by atoms with Crippen LogP contribution in [-0.2, 0) is 16.6 Å². The normalized spacial score (nSPS) is 17.4. The lowest BCUT2D eigenvalue weighted by atomic mass is 10.1. The number of anilines is 3. The number of aromatic nitrogens is 4. The molecule has 1 aliphatic carbocycles. The van der Waals surface area contributed by atoms with Crippen molar-refractivity contribution in [2.24, 2.45) is 7.05 Å². The van der Waals surface area contributed by atoms with Gasteiger partial charge in [-0.1, -0.05) is 0 Å². The van der Waals surface area contributed by atoms with Gasteiger partial charge in [0.05, 0.1) is 23.7 Å². The number of nitrogens with one attached hydrogen (secondary N) is 2. The highest BCUT2D eigenvalue weighted by atomic mass is 16.5. The molecule has 3 aromatic heterocycles. The van der Waals surface area contributed by atoms with Gasteiger partial charge in [0.25, 0.3) is 5.56 Å². The fourth-order valence-electron chi connectivity index (χ4n) is 4.89. The Morgan fingerprint density at radius 1 is 1.13 bits per heavy atom. The lowest BCUT2D eigenvalue weighted by Gasteiger charge is -2.25. The molecule has 1 saturated heterocycles. The lowest BCUT2D eigenvalue weighted by Crippen LogP contribution is -2.31. The molecule has 2 fully saturated rings. The van der Waals surface area contributed by atoms with Gasteiger partial charge in [-0.15, -0.1) is 0 Å². The first-order chi connectivity index (χ1) is 18.4. The van der Waals surface area contributed by atoms with Gasteiger partial charge in [-0.25, -0.2) is 9.97 Å². The van der Waals surface area contributed by atoms with E-state index in [2.05, 4.69) is 15.6 Å². The third-order valence-electron chi connectivity index (χ3n) is 7.01. The lowest BCUT2D eigenvalue weighted by molar-refractivity contribution is -0.114. The molecule has 4 heterocycles. The van der Waals surface area contributed by atoms with E-state index >= 15 is 0 Å². The standard InChI is InChI=1S/C28H30N6O4/c1-17(35)30-26-14-22(9-10-29-26)38-21-7-8-23-25(13-21)33(2)28(31-23)32-24-12-19(18-5-6-18)15-34(27(24)36)20-4-3-11-37-16-20/h7-10,12-15,18,20H,3-6,11,16H2,1-2H3,(H,31,32)(H,29,30,35)/t20-/m0/s1. The number of rotatable bonds is 7. The SMILES string of the molecule is CC(=O)Nc1cc(Oc2ccc3nc(Nc4cc(C5CC5)cn([C@H]5CCCOC5)c4=O)n(C)c3c2)ccn1. The number of pyridine rings is 2. The molecule has 2 N–H and O–H groups in total. The van der Waals surface area contributed by atoms with Gasteiger partial charge in [0.1, 0.15) is 23.0 Å². The molecule has 6 rings (SSSR count). The predicted octanol–water partition coefficient (Wildman–Crippen LogP) is 4.85. The van der Waals surface area contributed by atoms with Crippen LogP contribution in [0.15, 0.2) is 53.6 Å². The van der Waals surface area contributed by atoms with E-state index in [9.17, 15) is 9.59 Å². The van der Waals surface area contributed by atoms with E-state index in [1.165, 1.54) is 12.5 Å².